The Hall–Kier alpha value is -1.10. The van der Waals surface area contributed by atoms with E-state index in [4.69, 9.17) is 14.6 Å². The maximum Gasteiger partial charge on any atom is 0.0681 e. The predicted octanol–water partition coefficient (Wildman–Crippen LogP) is 1.98. The maximum atomic E-state index is 9.16. The van der Waals surface area contributed by atoms with Crippen LogP contribution in [0.5, 0.6) is 0 Å². The van der Waals surface area contributed by atoms with Crippen molar-refractivity contribution in [1.82, 2.24) is 0 Å². The van der Waals surface area contributed by atoms with Crippen molar-refractivity contribution < 1.29 is 14.6 Å². The Bertz CT molecular complexity index is 368. The van der Waals surface area contributed by atoms with Crippen molar-refractivity contribution in [2.24, 2.45) is 0 Å². The number of hydrogen-bond acceptors (Lipinski definition) is 4. The first-order chi connectivity index (χ1) is 9.22. The molecule has 0 aliphatic rings. The molecule has 108 valence electrons. The van der Waals surface area contributed by atoms with Crippen LogP contribution in [-0.2, 0) is 16.1 Å². The third kappa shape index (κ3) is 5.19. The molecule has 0 aliphatic heterocycles. The SMILES string of the molecule is COCCCN(CCOC)c1ccc(CO)cc1C. The van der Waals surface area contributed by atoms with Gasteiger partial charge in [0.15, 0.2) is 0 Å². The fourth-order valence-electron chi connectivity index (χ4n) is 2.12. The summed E-state index contributed by atoms with van der Waals surface area (Å²) in [7, 11) is 3.44. The van der Waals surface area contributed by atoms with Crippen molar-refractivity contribution >= 4 is 5.69 Å². The first kappa shape index (κ1) is 16.0. The zero-order valence-corrected chi connectivity index (χ0v) is 12.2. The quantitative estimate of drug-likeness (QED) is 0.695. The average molecular weight is 267 g/mol. The van der Waals surface area contributed by atoms with Crippen LogP contribution < -0.4 is 4.90 Å². The summed E-state index contributed by atoms with van der Waals surface area (Å²) in [5, 5.41) is 9.16. The zero-order valence-electron chi connectivity index (χ0n) is 12.2. The number of aliphatic hydroxyl groups excluding tert-OH is 1. The summed E-state index contributed by atoms with van der Waals surface area (Å²) in [6, 6.07) is 6.08. The van der Waals surface area contributed by atoms with Crippen LogP contribution >= 0.6 is 0 Å². The van der Waals surface area contributed by atoms with Gasteiger partial charge in [-0.3, -0.25) is 0 Å². The van der Waals surface area contributed by atoms with Gasteiger partial charge >= 0.3 is 0 Å². The highest BCUT2D eigenvalue weighted by Crippen LogP contribution is 2.21. The normalized spacial score (nSPS) is 10.7. The van der Waals surface area contributed by atoms with E-state index < -0.39 is 0 Å². The fourth-order valence-corrected chi connectivity index (χ4v) is 2.12. The summed E-state index contributed by atoms with van der Waals surface area (Å²) in [6.07, 6.45) is 0.988. The molecule has 0 bridgehead atoms. The molecule has 1 N–H and O–H groups in total. The van der Waals surface area contributed by atoms with Crippen molar-refractivity contribution in [3.8, 4) is 0 Å². The standard InChI is InChI=1S/C15H25NO3/c1-13-11-14(12-17)5-6-15(13)16(8-10-19-3)7-4-9-18-2/h5-6,11,17H,4,7-10,12H2,1-3H3. The van der Waals surface area contributed by atoms with E-state index in [1.54, 1.807) is 14.2 Å². The van der Waals surface area contributed by atoms with E-state index in [0.29, 0.717) is 6.61 Å². The molecule has 19 heavy (non-hydrogen) atoms. The number of anilines is 1. The molecule has 1 aromatic carbocycles. The van der Waals surface area contributed by atoms with E-state index in [-0.39, 0.29) is 6.61 Å². The van der Waals surface area contributed by atoms with Crippen molar-refractivity contribution in [3.63, 3.8) is 0 Å². The zero-order chi connectivity index (χ0) is 14.1. The summed E-state index contributed by atoms with van der Waals surface area (Å²) in [6.45, 7) is 5.43. The summed E-state index contributed by atoms with van der Waals surface area (Å²) in [5.41, 5.74) is 3.33. The Morgan fingerprint density at radius 2 is 1.84 bits per heavy atom. The Morgan fingerprint density at radius 1 is 1.11 bits per heavy atom. The van der Waals surface area contributed by atoms with Gasteiger partial charge in [-0.15, -0.1) is 0 Å². The molecule has 0 fully saturated rings. The Balaban J connectivity index is 2.77. The van der Waals surface area contributed by atoms with E-state index in [0.717, 1.165) is 31.7 Å². The molecule has 0 atom stereocenters. The summed E-state index contributed by atoms with van der Waals surface area (Å²) in [5.74, 6) is 0. The lowest BCUT2D eigenvalue weighted by molar-refractivity contribution is 0.191. The number of benzene rings is 1. The highest BCUT2D eigenvalue weighted by molar-refractivity contribution is 5.54. The molecule has 0 spiro atoms. The molecule has 1 rings (SSSR count). The maximum absolute atomic E-state index is 9.16. The van der Waals surface area contributed by atoms with Crippen molar-refractivity contribution in [3.05, 3.63) is 29.3 Å². The van der Waals surface area contributed by atoms with Crippen LogP contribution in [0, 0.1) is 6.92 Å². The minimum atomic E-state index is 0.0862. The molecule has 0 aliphatic carbocycles. The molecule has 0 unspecified atom stereocenters. The molecule has 0 amide bonds. The van der Waals surface area contributed by atoms with Gasteiger partial charge in [-0.05, 0) is 30.5 Å². The topological polar surface area (TPSA) is 41.9 Å². The Morgan fingerprint density at radius 3 is 2.42 bits per heavy atom. The van der Waals surface area contributed by atoms with Gasteiger partial charge in [0.25, 0.3) is 0 Å². The van der Waals surface area contributed by atoms with Crippen molar-refractivity contribution in [2.45, 2.75) is 20.0 Å². The monoisotopic (exact) mass is 267 g/mol. The number of ether oxygens (including phenoxy) is 2. The molecular formula is C15H25NO3. The molecule has 1 aromatic rings. The number of nitrogens with zero attached hydrogens (tertiary/aromatic N) is 1. The molecule has 4 nitrogen and oxygen atoms in total. The Kier molecular flexibility index (Phi) is 7.48. The second-order valence-corrected chi connectivity index (χ2v) is 4.61. The third-order valence-corrected chi connectivity index (χ3v) is 3.13. The van der Waals surface area contributed by atoms with E-state index >= 15 is 0 Å². The summed E-state index contributed by atoms with van der Waals surface area (Å²) >= 11 is 0. The minimum absolute atomic E-state index is 0.0862. The molecular weight excluding hydrogens is 242 g/mol. The molecule has 4 heteroatoms. The summed E-state index contributed by atoms with van der Waals surface area (Å²) in [4.78, 5) is 2.30. The number of rotatable bonds is 9. The predicted molar refractivity (Wildman–Crippen MR) is 77.7 cm³/mol. The van der Waals surface area contributed by atoms with Gasteiger partial charge in [0.05, 0.1) is 13.2 Å². The number of hydrogen-bond donors (Lipinski definition) is 1. The van der Waals surface area contributed by atoms with Crippen LogP contribution in [-0.4, -0.2) is 45.6 Å². The first-order valence-electron chi connectivity index (χ1n) is 6.66. The Labute approximate surface area is 115 Å². The number of aliphatic hydroxyl groups is 1. The van der Waals surface area contributed by atoms with E-state index in [1.165, 1.54) is 11.3 Å². The molecule has 0 saturated carbocycles. The fraction of sp³-hybridized carbons (Fsp3) is 0.600. The van der Waals surface area contributed by atoms with E-state index in [1.807, 2.05) is 12.1 Å². The van der Waals surface area contributed by atoms with Gasteiger partial charge < -0.3 is 19.5 Å². The number of methoxy groups -OCH3 is 2. The average Bonchev–Trinajstić information content (AvgIpc) is 2.43. The highest BCUT2D eigenvalue weighted by atomic mass is 16.5. The van der Waals surface area contributed by atoms with Crippen LogP contribution in [0.4, 0.5) is 5.69 Å². The van der Waals surface area contributed by atoms with Gasteiger partial charge in [-0.25, -0.2) is 0 Å². The third-order valence-electron chi connectivity index (χ3n) is 3.13. The summed E-state index contributed by atoms with van der Waals surface area (Å²) < 4.78 is 10.3. The van der Waals surface area contributed by atoms with Crippen molar-refractivity contribution in [1.29, 1.82) is 0 Å². The van der Waals surface area contributed by atoms with E-state index in [2.05, 4.69) is 17.9 Å². The van der Waals surface area contributed by atoms with Crippen LogP contribution in [0.3, 0.4) is 0 Å². The molecule has 0 saturated heterocycles. The van der Waals surface area contributed by atoms with Gasteiger partial charge in [-0.1, -0.05) is 12.1 Å². The lowest BCUT2D eigenvalue weighted by atomic mass is 10.1. The van der Waals surface area contributed by atoms with Gasteiger partial charge in [0.1, 0.15) is 0 Å². The van der Waals surface area contributed by atoms with Gasteiger partial charge in [0, 0.05) is 39.6 Å². The van der Waals surface area contributed by atoms with Crippen LogP contribution in [0.1, 0.15) is 17.5 Å². The molecule has 0 aromatic heterocycles. The second kappa shape index (κ2) is 8.91. The van der Waals surface area contributed by atoms with Crippen LogP contribution in [0.15, 0.2) is 18.2 Å². The number of aryl methyl sites for hydroxylation is 1. The molecule has 0 heterocycles. The van der Waals surface area contributed by atoms with E-state index in [9.17, 15) is 0 Å². The minimum Gasteiger partial charge on any atom is -0.392 e. The molecule has 0 radical (unpaired) electrons. The van der Waals surface area contributed by atoms with Crippen molar-refractivity contribution in [2.75, 3.05) is 45.4 Å². The smallest absolute Gasteiger partial charge is 0.0681 e. The first-order valence-corrected chi connectivity index (χ1v) is 6.66. The second-order valence-electron chi connectivity index (χ2n) is 4.61. The van der Waals surface area contributed by atoms with Gasteiger partial charge in [0.2, 0.25) is 0 Å². The lowest BCUT2D eigenvalue weighted by Gasteiger charge is -2.26. The van der Waals surface area contributed by atoms with Crippen LogP contribution in [0.25, 0.3) is 0 Å². The van der Waals surface area contributed by atoms with Gasteiger partial charge in [-0.2, -0.15) is 0 Å². The largest absolute Gasteiger partial charge is 0.392 e. The van der Waals surface area contributed by atoms with Crippen LogP contribution in [0.2, 0.25) is 0 Å². The highest BCUT2D eigenvalue weighted by Gasteiger charge is 2.09. The lowest BCUT2D eigenvalue weighted by Crippen LogP contribution is -2.29.